The van der Waals surface area contributed by atoms with E-state index in [-0.39, 0.29) is 18.3 Å². The molecule has 1 saturated heterocycles. The summed E-state index contributed by atoms with van der Waals surface area (Å²) in [5.41, 5.74) is 4.49. The van der Waals surface area contributed by atoms with Crippen LogP contribution in [-0.4, -0.2) is 44.0 Å². The van der Waals surface area contributed by atoms with Crippen LogP contribution in [0.5, 0.6) is 0 Å². The maximum Gasteiger partial charge on any atom is 0.238 e. The van der Waals surface area contributed by atoms with Crippen molar-refractivity contribution in [3.8, 4) is 0 Å². The van der Waals surface area contributed by atoms with Crippen LogP contribution in [0.4, 0.5) is 5.69 Å². The third-order valence-corrected chi connectivity index (χ3v) is 4.82. The number of nitrogens with one attached hydrogen (secondary N) is 2. The number of likely N-dealkylation sites (tertiary alicyclic amines) is 1. The van der Waals surface area contributed by atoms with Gasteiger partial charge in [0.15, 0.2) is 0 Å². The molecule has 1 heterocycles. The second-order valence-electron chi connectivity index (χ2n) is 6.93. The molecule has 2 rings (SSSR count). The van der Waals surface area contributed by atoms with E-state index in [0.29, 0.717) is 6.54 Å². The molecular weight excluding hydrogens is 322 g/mol. The first-order valence-corrected chi connectivity index (χ1v) is 8.74. The number of halogens is 1. The minimum atomic E-state index is 0. The first-order valence-electron chi connectivity index (χ1n) is 8.74. The molecule has 0 unspecified atom stereocenters. The topological polar surface area (TPSA) is 44.4 Å². The highest BCUT2D eigenvalue weighted by Gasteiger charge is 2.20. The van der Waals surface area contributed by atoms with Crippen molar-refractivity contribution in [3.05, 3.63) is 28.8 Å². The summed E-state index contributed by atoms with van der Waals surface area (Å²) >= 11 is 0. The van der Waals surface area contributed by atoms with Gasteiger partial charge in [0.2, 0.25) is 5.91 Å². The normalized spacial score (nSPS) is 15.8. The number of rotatable bonds is 6. The van der Waals surface area contributed by atoms with Crippen molar-refractivity contribution in [1.29, 1.82) is 0 Å². The van der Waals surface area contributed by atoms with Gasteiger partial charge in [0, 0.05) is 5.69 Å². The fourth-order valence-corrected chi connectivity index (χ4v) is 3.54. The van der Waals surface area contributed by atoms with Gasteiger partial charge in [-0.25, -0.2) is 0 Å². The summed E-state index contributed by atoms with van der Waals surface area (Å²) in [5.74, 6) is 0.914. The van der Waals surface area contributed by atoms with Crippen molar-refractivity contribution in [3.63, 3.8) is 0 Å². The van der Waals surface area contributed by atoms with Gasteiger partial charge >= 0.3 is 0 Å². The Morgan fingerprint density at radius 3 is 2.29 bits per heavy atom. The molecule has 0 atom stereocenters. The molecule has 24 heavy (non-hydrogen) atoms. The van der Waals surface area contributed by atoms with E-state index in [1.54, 1.807) is 0 Å². The van der Waals surface area contributed by atoms with Gasteiger partial charge in [-0.3, -0.25) is 9.69 Å². The first-order chi connectivity index (χ1) is 11.0. The molecule has 0 aromatic heterocycles. The molecule has 0 bridgehead atoms. The Bertz CT molecular complexity index is 516. The molecule has 4 nitrogen and oxygen atoms in total. The number of carbonyl (C=O) groups is 1. The van der Waals surface area contributed by atoms with Crippen molar-refractivity contribution in [2.45, 2.75) is 40.0 Å². The number of hydrogen-bond acceptors (Lipinski definition) is 3. The minimum Gasteiger partial charge on any atom is -0.324 e. The maximum absolute atomic E-state index is 12.4. The van der Waals surface area contributed by atoms with Crippen molar-refractivity contribution >= 4 is 24.0 Å². The predicted octanol–water partition coefficient (Wildman–Crippen LogP) is 3.29. The molecule has 0 saturated carbocycles. The lowest BCUT2D eigenvalue weighted by molar-refractivity contribution is -0.117. The SMILES string of the molecule is CNCCC1CCN(CC(=O)Nc2c(C)cc(C)cc2C)CC1.Cl. The summed E-state index contributed by atoms with van der Waals surface area (Å²) < 4.78 is 0. The highest BCUT2D eigenvalue weighted by Crippen LogP contribution is 2.23. The summed E-state index contributed by atoms with van der Waals surface area (Å²) in [6.07, 6.45) is 3.66. The molecule has 5 heteroatoms. The van der Waals surface area contributed by atoms with E-state index < -0.39 is 0 Å². The molecule has 136 valence electrons. The molecule has 1 aromatic rings. The van der Waals surface area contributed by atoms with Crippen LogP contribution in [0.3, 0.4) is 0 Å². The Morgan fingerprint density at radius 1 is 1.17 bits per heavy atom. The van der Waals surface area contributed by atoms with Crippen molar-refractivity contribution < 1.29 is 4.79 Å². The average molecular weight is 354 g/mol. The van der Waals surface area contributed by atoms with Gasteiger partial charge in [-0.05, 0) is 83.8 Å². The van der Waals surface area contributed by atoms with Crippen LogP contribution >= 0.6 is 12.4 Å². The van der Waals surface area contributed by atoms with Crippen LogP contribution in [0.15, 0.2) is 12.1 Å². The lowest BCUT2D eigenvalue weighted by atomic mass is 9.93. The monoisotopic (exact) mass is 353 g/mol. The second-order valence-corrected chi connectivity index (χ2v) is 6.93. The highest BCUT2D eigenvalue weighted by molar-refractivity contribution is 5.93. The number of nitrogens with zero attached hydrogens (tertiary/aromatic N) is 1. The number of benzene rings is 1. The number of piperidine rings is 1. The average Bonchev–Trinajstić information content (AvgIpc) is 2.50. The Balaban J connectivity index is 0.00000288. The highest BCUT2D eigenvalue weighted by atomic mass is 35.5. The van der Waals surface area contributed by atoms with Gasteiger partial charge in [0.1, 0.15) is 0 Å². The molecule has 1 aliphatic heterocycles. The Labute approximate surface area is 152 Å². The van der Waals surface area contributed by atoms with Gasteiger partial charge in [0.05, 0.1) is 6.54 Å². The van der Waals surface area contributed by atoms with Crippen LogP contribution < -0.4 is 10.6 Å². The third kappa shape index (κ3) is 6.08. The molecule has 1 amide bonds. The second kappa shape index (κ2) is 10.0. The maximum atomic E-state index is 12.4. The smallest absolute Gasteiger partial charge is 0.238 e. The summed E-state index contributed by atoms with van der Waals surface area (Å²) in [7, 11) is 2.01. The zero-order valence-corrected chi connectivity index (χ0v) is 16.3. The van der Waals surface area contributed by atoms with Crippen molar-refractivity contribution in [2.75, 3.05) is 38.5 Å². The standard InChI is InChI=1S/C19H31N3O.ClH/c1-14-11-15(2)19(16(3)12-14)21-18(23)13-22-9-6-17(7-10-22)5-8-20-4;/h11-12,17,20H,5-10,13H2,1-4H3,(H,21,23);1H. The Kier molecular flexibility index (Phi) is 8.74. The van der Waals surface area contributed by atoms with Crippen LogP contribution in [-0.2, 0) is 4.79 Å². The summed E-state index contributed by atoms with van der Waals surface area (Å²) in [4.78, 5) is 14.6. The van der Waals surface area contributed by atoms with E-state index in [1.807, 2.05) is 7.05 Å². The van der Waals surface area contributed by atoms with Crippen LogP contribution in [0.2, 0.25) is 0 Å². The molecule has 0 spiro atoms. The van der Waals surface area contributed by atoms with E-state index in [1.165, 1.54) is 24.8 Å². The number of carbonyl (C=O) groups excluding carboxylic acids is 1. The summed E-state index contributed by atoms with van der Waals surface area (Å²) in [5, 5.41) is 6.33. The van der Waals surface area contributed by atoms with Crippen LogP contribution in [0, 0.1) is 26.7 Å². The van der Waals surface area contributed by atoms with Gasteiger partial charge < -0.3 is 10.6 Å². The van der Waals surface area contributed by atoms with Crippen molar-refractivity contribution in [2.24, 2.45) is 5.92 Å². The quantitative estimate of drug-likeness (QED) is 0.824. The zero-order chi connectivity index (χ0) is 16.8. The molecular formula is C19H32ClN3O. The van der Waals surface area contributed by atoms with E-state index in [4.69, 9.17) is 0 Å². The molecule has 2 N–H and O–H groups in total. The Hall–Kier alpha value is -1.10. The zero-order valence-electron chi connectivity index (χ0n) is 15.4. The van der Waals surface area contributed by atoms with E-state index in [2.05, 4.69) is 48.4 Å². The number of amides is 1. The summed E-state index contributed by atoms with van der Waals surface area (Å²) in [6, 6.07) is 4.24. The minimum absolute atomic E-state index is 0. The number of hydrogen-bond donors (Lipinski definition) is 2. The fourth-order valence-electron chi connectivity index (χ4n) is 3.54. The molecule has 1 aliphatic rings. The third-order valence-electron chi connectivity index (χ3n) is 4.82. The predicted molar refractivity (Wildman–Crippen MR) is 104 cm³/mol. The lowest BCUT2D eigenvalue weighted by Crippen LogP contribution is -2.39. The fraction of sp³-hybridized carbons (Fsp3) is 0.632. The Morgan fingerprint density at radius 2 is 1.75 bits per heavy atom. The molecule has 1 aromatic carbocycles. The van der Waals surface area contributed by atoms with E-state index in [9.17, 15) is 4.79 Å². The lowest BCUT2D eigenvalue weighted by Gasteiger charge is -2.31. The van der Waals surface area contributed by atoms with E-state index >= 15 is 0 Å². The largest absolute Gasteiger partial charge is 0.324 e. The van der Waals surface area contributed by atoms with Gasteiger partial charge in [-0.2, -0.15) is 0 Å². The van der Waals surface area contributed by atoms with E-state index in [0.717, 1.165) is 42.4 Å². The molecule has 0 radical (unpaired) electrons. The van der Waals surface area contributed by atoms with Gasteiger partial charge in [-0.1, -0.05) is 17.7 Å². The first kappa shape index (κ1) is 20.9. The van der Waals surface area contributed by atoms with Crippen molar-refractivity contribution in [1.82, 2.24) is 10.2 Å². The van der Waals surface area contributed by atoms with Crippen LogP contribution in [0.1, 0.15) is 36.0 Å². The number of anilines is 1. The summed E-state index contributed by atoms with van der Waals surface area (Å²) in [6.45, 7) is 9.87. The van der Waals surface area contributed by atoms with Gasteiger partial charge in [-0.15, -0.1) is 12.4 Å². The van der Waals surface area contributed by atoms with Crippen LogP contribution in [0.25, 0.3) is 0 Å². The molecule has 1 fully saturated rings. The molecule has 0 aliphatic carbocycles. The number of aryl methyl sites for hydroxylation is 3. The van der Waals surface area contributed by atoms with Gasteiger partial charge in [0.25, 0.3) is 0 Å².